The summed E-state index contributed by atoms with van der Waals surface area (Å²) in [6, 6.07) is 0. The third kappa shape index (κ3) is 3.79. The molecule has 1 unspecified atom stereocenters. The van der Waals surface area contributed by atoms with E-state index in [1.807, 2.05) is 6.92 Å². The van der Waals surface area contributed by atoms with Gasteiger partial charge in [0.1, 0.15) is 5.78 Å². The minimum Gasteiger partial charge on any atom is -0.303 e. The van der Waals surface area contributed by atoms with Crippen molar-refractivity contribution >= 4 is 5.78 Å². The second-order valence-electron chi connectivity index (χ2n) is 4.36. The summed E-state index contributed by atoms with van der Waals surface area (Å²) in [6.45, 7) is 7.86. The Morgan fingerprint density at radius 3 is 2.79 bits per heavy atom. The smallest absolute Gasteiger partial charge is 0.132 e. The number of Topliss-reactive ketones (excluding diaryl/α,β-unsaturated/α-hetero) is 1. The van der Waals surface area contributed by atoms with Crippen LogP contribution in [-0.4, -0.2) is 30.3 Å². The van der Waals surface area contributed by atoms with Crippen molar-refractivity contribution in [3.05, 3.63) is 0 Å². The molecule has 2 heteroatoms. The molecule has 0 aromatic rings. The molecular formula is C12H23NO. The Morgan fingerprint density at radius 2 is 2.21 bits per heavy atom. The zero-order valence-corrected chi connectivity index (χ0v) is 9.59. The third-order valence-corrected chi connectivity index (χ3v) is 3.27. The minimum atomic E-state index is 0.413. The molecule has 0 saturated carbocycles. The van der Waals surface area contributed by atoms with Crippen molar-refractivity contribution in [1.29, 1.82) is 0 Å². The van der Waals surface area contributed by atoms with Crippen molar-refractivity contribution in [3.8, 4) is 0 Å². The maximum atomic E-state index is 11.1. The maximum Gasteiger partial charge on any atom is 0.132 e. The van der Waals surface area contributed by atoms with Crippen molar-refractivity contribution in [2.45, 2.75) is 46.0 Å². The number of carbonyl (C=O) groups excluding carboxylic acids is 1. The Hall–Kier alpha value is -0.370. The van der Waals surface area contributed by atoms with E-state index in [2.05, 4.69) is 11.8 Å². The summed E-state index contributed by atoms with van der Waals surface area (Å²) < 4.78 is 0. The summed E-state index contributed by atoms with van der Waals surface area (Å²) in [5, 5.41) is 0. The minimum absolute atomic E-state index is 0.413. The van der Waals surface area contributed by atoms with Gasteiger partial charge in [-0.15, -0.1) is 0 Å². The monoisotopic (exact) mass is 197 g/mol. The lowest BCUT2D eigenvalue weighted by molar-refractivity contribution is -0.118. The first-order valence-electron chi connectivity index (χ1n) is 6.00. The van der Waals surface area contributed by atoms with E-state index < -0.39 is 0 Å². The molecule has 1 aliphatic heterocycles. The van der Waals surface area contributed by atoms with Crippen LogP contribution in [0.5, 0.6) is 0 Å². The third-order valence-electron chi connectivity index (χ3n) is 3.27. The van der Waals surface area contributed by atoms with E-state index >= 15 is 0 Å². The number of hydrogen-bond donors (Lipinski definition) is 0. The first-order valence-corrected chi connectivity index (χ1v) is 6.00. The average molecular weight is 197 g/mol. The molecule has 82 valence electrons. The number of ketones is 1. The predicted octanol–water partition coefficient (Wildman–Crippen LogP) is 2.48. The van der Waals surface area contributed by atoms with Gasteiger partial charge < -0.3 is 4.90 Å². The largest absolute Gasteiger partial charge is 0.303 e. The molecule has 0 aromatic heterocycles. The van der Waals surface area contributed by atoms with Crippen LogP contribution in [-0.2, 0) is 4.79 Å². The Labute approximate surface area is 87.7 Å². The fourth-order valence-electron chi connectivity index (χ4n) is 2.13. The first kappa shape index (κ1) is 11.7. The van der Waals surface area contributed by atoms with E-state index in [4.69, 9.17) is 0 Å². The highest BCUT2D eigenvalue weighted by atomic mass is 16.1. The van der Waals surface area contributed by atoms with Gasteiger partial charge in [-0.05, 0) is 31.8 Å². The van der Waals surface area contributed by atoms with Crippen LogP contribution in [0.2, 0.25) is 0 Å². The SMILES string of the molecule is CCC(=O)CCCN1CCC(CC)C1. The molecule has 0 spiro atoms. The lowest BCUT2D eigenvalue weighted by atomic mass is 10.1. The molecule has 0 bridgehead atoms. The van der Waals surface area contributed by atoms with Crippen LogP contribution in [0.15, 0.2) is 0 Å². The van der Waals surface area contributed by atoms with Gasteiger partial charge >= 0.3 is 0 Å². The van der Waals surface area contributed by atoms with E-state index in [1.165, 1.54) is 25.9 Å². The second kappa shape index (κ2) is 6.18. The molecular weight excluding hydrogens is 174 g/mol. The van der Waals surface area contributed by atoms with Crippen LogP contribution in [0.3, 0.4) is 0 Å². The van der Waals surface area contributed by atoms with Crippen LogP contribution in [0.1, 0.15) is 46.0 Å². The second-order valence-corrected chi connectivity index (χ2v) is 4.36. The summed E-state index contributed by atoms with van der Waals surface area (Å²) in [7, 11) is 0. The van der Waals surface area contributed by atoms with Crippen molar-refractivity contribution < 1.29 is 4.79 Å². The van der Waals surface area contributed by atoms with Gasteiger partial charge in [0.05, 0.1) is 0 Å². The normalized spacial score (nSPS) is 22.9. The molecule has 1 aliphatic rings. The molecule has 0 aliphatic carbocycles. The lowest BCUT2D eigenvalue weighted by Crippen LogP contribution is -2.22. The van der Waals surface area contributed by atoms with E-state index in [1.54, 1.807) is 0 Å². The molecule has 0 amide bonds. The van der Waals surface area contributed by atoms with Crippen LogP contribution in [0.25, 0.3) is 0 Å². The van der Waals surface area contributed by atoms with Gasteiger partial charge in [0, 0.05) is 19.4 Å². The maximum absolute atomic E-state index is 11.1. The Kier molecular flexibility index (Phi) is 5.16. The number of carbonyl (C=O) groups is 1. The molecule has 2 nitrogen and oxygen atoms in total. The Balaban J connectivity index is 2.05. The van der Waals surface area contributed by atoms with Gasteiger partial charge in [-0.2, -0.15) is 0 Å². The van der Waals surface area contributed by atoms with Crippen molar-refractivity contribution in [2.75, 3.05) is 19.6 Å². The van der Waals surface area contributed by atoms with Gasteiger partial charge in [-0.25, -0.2) is 0 Å². The van der Waals surface area contributed by atoms with Gasteiger partial charge in [0.25, 0.3) is 0 Å². The molecule has 1 rings (SSSR count). The number of hydrogen-bond acceptors (Lipinski definition) is 2. The summed E-state index contributed by atoms with van der Waals surface area (Å²) >= 11 is 0. The molecule has 1 fully saturated rings. The zero-order valence-electron chi connectivity index (χ0n) is 9.59. The summed E-state index contributed by atoms with van der Waals surface area (Å²) in [5.74, 6) is 1.33. The van der Waals surface area contributed by atoms with Crippen LogP contribution >= 0.6 is 0 Å². The molecule has 0 radical (unpaired) electrons. The highest BCUT2D eigenvalue weighted by Crippen LogP contribution is 2.19. The molecule has 1 atom stereocenters. The van der Waals surface area contributed by atoms with Crippen LogP contribution in [0.4, 0.5) is 0 Å². The van der Waals surface area contributed by atoms with Crippen molar-refractivity contribution in [2.24, 2.45) is 5.92 Å². The highest BCUT2D eigenvalue weighted by Gasteiger charge is 2.19. The fourth-order valence-corrected chi connectivity index (χ4v) is 2.13. The Bertz CT molecular complexity index is 179. The van der Waals surface area contributed by atoms with E-state index in [0.717, 1.165) is 25.3 Å². The number of likely N-dealkylation sites (tertiary alicyclic amines) is 1. The highest BCUT2D eigenvalue weighted by molar-refractivity contribution is 5.77. The van der Waals surface area contributed by atoms with Gasteiger partial charge in [0.15, 0.2) is 0 Å². The number of nitrogens with zero attached hydrogens (tertiary/aromatic N) is 1. The Morgan fingerprint density at radius 1 is 1.43 bits per heavy atom. The first-order chi connectivity index (χ1) is 6.76. The molecule has 1 heterocycles. The van der Waals surface area contributed by atoms with Crippen LogP contribution < -0.4 is 0 Å². The van der Waals surface area contributed by atoms with Gasteiger partial charge in [-0.1, -0.05) is 20.3 Å². The molecule has 0 N–H and O–H groups in total. The van der Waals surface area contributed by atoms with Crippen molar-refractivity contribution in [3.63, 3.8) is 0 Å². The van der Waals surface area contributed by atoms with Gasteiger partial charge in [-0.3, -0.25) is 4.79 Å². The average Bonchev–Trinajstić information content (AvgIpc) is 2.65. The summed E-state index contributed by atoms with van der Waals surface area (Å²) in [5.41, 5.74) is 0. The van der Waals surface area contributed by atoms with Crippen molar-refractivity contribution in [1.82, 2.24) is 4.90 Å². The molecule has 1 saturated heterocycles. The fraction of sp³-hybridized carbons (Fsp3) is 0.917. The van der Waals surface area contributed by atoms with Crippen LogP contribution in [0, 0.1) is 5.92 Å². The number of rotatable bonds is 6. The lowest BCUT2D eigenvalue weighted by Gasteiger charge is -2.14. The van der Waals surface area contributed by atoms with Gasteiger partial charge in [0.2, 0.25) is 0 Å². The molecule has 14 heavy (non-hydrogen) atoms. The van der Waals surface area contributed by atoms with E-state index in [9.17, 15) is 4.79 Å². The topological polar surface area (TPSA) is 20.3 Å². The van der Waals surface area contributed by atoms with E-state index in [0.29, 0.717) is 12.2 Å². The van der Waals surface area contributed by atoms with E-state index in [-0.39, 0.29) is 0 Å². The zero-order chi connectivity index (χ0) is 10.4. The quantitative estimate of drug-likeness (QED) is 0.652. The summed E-state index contributed by atoms with van der Waals surface area (Å²) in [6.07, 6.45) is 5.22. The molecule has 0 aromatic carbocycles. The summed E-state index contributed by atoms with van der Waals surface area (Å²) in [4.78, 5) is 13.6. The standard InChI is InChI=1S/C12H23NO/c1-3-11-7-9-13(10-11)8-5-6-12(14)4-2/h11H,3-10H2,1-2H3. The predicted molar refractivity (Wildman–Crippen MR) is 59.4 cm³/mol.